The SMILES string of the molecule is COc1ccc(NC(=O)C(CCSC)NS(=O)(=O)c2ccc(Cl)cc2)cc1NC(C)=O. The third-order valence-corrected chi connectivity index (χ3v) is 6.51. The van der Waals surface area contributed by atoms with Crippen molar-refractivity contribution in [3.63, 3.8) is 0 Å². The second-order valence-electron chi connectivity index (χ2n) is 6.49. The molecule has 0 radical (unpaired) electrons. The van der Waals surface area contributed by atoms with Crippen LogP contribution in [0.4, 0.5) is 11.4 Å². The maximum atomic E-state index is 12.9. The molecule has 0 heterocycles. The zero-order valence-corrected chi connectivity index (χ0v) is 19.7. The van der Waals surface area contributed by atoms with Gasteiger partial charge in [-0.1, -0.05) is 11.6 Å². The Balaban J connectivity index is 2.23. The van der Waals surface area contributed by atoms with Gasteiger partial charge in [0.05, 0.1) is 17.7 Å². The van der Waals surface area contributed by atoms with Crippen molar-refractivity contribution in [2.75, 3.05) is 29.8 Å². The Kier molecular flexibility index (Phi) is 9.17. The fraction of sp³-hybridized carbons (Fsp3) is 0.300. The van der Waals surface area contributed by atoms with Crippen LogP contribution in [-0.4, -0.2) is 45.4 Å². The van der Waals surface area contributed by atoms with Crippen molar-refractivity contribution in [2.24, 2.45) is 0 Å². The average molecular weight is 486 g/mol. The minimum Gasteiger partial charge on any atom is -0.495 e. The molecule has 0 saturated carbocycles. The monoisotopic (exact) mass is 485 g/mol. The highest BCUT2D eigenvalue weighted by Gasteiger charge is 2.26. The van der Waals surface area contributed by atoms with E-state index in [1.807, 2.05) is 6.26 Å². The molecule has 0 bridgehead atoms. The first kappa shape index (κ1) is 25.0. The van der Waals surface area contributed by atoms with E-state index in [0.717, 1.165) is 0 Å². The summed E-state index contributed by atoms with van der Waals surface area (Å²) >= 11 is 7.32. The number of nitrogens with one attached hydrogen (secondary N) is 3. The average Bonchev–Trinajstić information content (AvgIpc) is 2.71. The van der Waals surface area contributed by atoms with Crippen molar-refractivity contribution in [1.82, 2.24) is 4.72 Å². The number of hydrogen-bond donors (Lipinski definition) is 3. The van der Waals surface area contributed by atoms with Gasteiger partial charge in [0.2, 0.25) is 21.8 Å². The molecule has 0 spiro atoms. The normalized spacial score (nSPS) is 12.1. The molecule has 0 aliphatic carbocycles. The number of carbonyl (C=O) groups excluding carboxylic acids is 2. The van der Waals surface area contributed by atoms with Gasteiger partial charge in [-0.2, -0.15) is 16.5 Å². The van der Waals surface area contributed by atoms with E-state index in [0.29, 0.717) is 27.9 Å². The Morgan fingerprint density at radius 3 is 2.39 bits per heavy atom. The standard InChI is InChI=1S/C20H24ClN3O5S2/c1-13(25)22-18-12-15(6-9-19(18)29-2)23-20(26)17(10-11-30-3)24-31(27,28)16-7-4-14(21)5-8-16/h4-9,12,17,24H,10-11H2,1-3H3,(H,22,25)(H,23,26). The summed E-state index contributed by atoms with van der Waals surface area (Å²) in [6, 6.07) is 9.41. The van der Waals surface area contributed by atoms with E-state index in [-0.39, 0.29) is 17.2 Å². The van der Waals surface area contributed by atoms with Crippen LogP contribution in [0.15, 0.2) is 47.4 Å². The van der Waals surface area contributed by atoms with E-state index < -0.39 is 22.0 Å². The van der Waals surface area contributed by atoms with Gasteiger partial charge in [0.15, 0.2) is 0 Å². The summed E-state index contributed by atoms with van der Waals surface area (Å²) in [4.78, 5) is 24.3. The highest BCUT2D eigenvalue weighted by Crippen LogP contribution is 2.28. The van der Waals surface area contributed by atoms with E-state index in [2.05, 4.69) is 15.4 Å². The maximum Gasteiger partial charge on any atom is 0.242 e. The lowest BCUT2D eigenvalue weighted by atomic mass is 10.2. The van der Waals surface area contributed by atoms with Gasteiger partial charge in [-0.25, -0.2) is 8.42 Å². The first-order valence-electron chi connectivity index (χ1n) is 9.19. The minimum atomic E-state index is -3.93. The molecule has 1 unspecified atom stereocenters. The van der Waals surface area contributed by atoms with E-state index in [4.69, 9.17) is 16.3 Å². The summed E-state index contributed by atoms with van der Waals surface area (Å²) < 4.78 is 33.1. The van der Waals surface area contributed by atoms with Gasteiger partial charge in [-0.15, -0.1) is 0 Å². The summed E-state index contributed by atoms with van der Waals surface area (Å²) in [5.41, 5.74) is 0.768. The lowest BCUT2D eigenvalue weighted by Crippen LogP contribution is -2.44. The molecule has 0 saturated heterocycles. The molecule has 1 atom stereocenters. The van der Waals surface area contributed by atoms with Gasteiger partial charge in [0.1, 0.15) is 11.8 Å². The molecule has 168 valence electrons. The molecule has 2 amide bonds. The van der Waals surface area contributed by atoms with Gasteiger partial charge in [-0.3, -0.25) is 9.59 Å². The number of sulfonamides is 1. The largest absolute Gasteiger partial charge is 0.495 e. The van der Waals surface area contributed by atoms with Crippen molar-refractivity contribution < 1.29 is 22.7 Å². The molecule has 2 rings (SSSR count). The van der Waals surface area contributed by atoms with Crippen LogP contribution in [0.25, 0.3) is 0 Å². The van der Waals surface area contributed by atoms with Crippen LogP contribution in [0.5, 0.6) is 5.75 Å². The number of hydrogen-bond acceptors (Lipinski definition) is 6. The van der Waals surface area contributed by atoms with Crippen molar-refractivity contribution >= 4 is 56.6 Å². The van der Waals surface area contributed by atoms with E-state index in [1.54, 1.807) is 12.1 Å². The summed E-state index contributed by atoms with van der Waals surface area (Å²) in [5.74, 6) is 0.178. The molecule has 3 N–H and O–H groups in total. The van der Waals surface area contributed by atoms with Crippen LogP contribution < -0.4 is 20.1 Å². The Bertz CT molecular complexity index is 1030. The Morgan fingerprint density at radius 1 is 1.13 bits per heavy atom. The van der Waals surface area contributed by atoms with E-state index >= 15 is 0 Å². The summed E-state index contributed by atoms with van der Waals surface area (Å²) in [6.45, 7) is 1.36. The van der Waals surface area contributed by atoms with Crippen LogP contribution in [0.1, 0.15) is 13.3 Å². The summed E-state index contributed by atoms with van der Waals surface area (Å²) in [7, 11) is -2.47. The number of rotatable bonds is 10. The van der Waals surface area contributed by atoms with Crippen molar-refractivity contribution in [1.29, 1.82) is 0 Å². The third kappa shape index (κ3) is 7.42. The van der Waals surface area contributed by atoms with Crippen LogP contribution in [-0.2, 0) is 19.6 Å². The molecule has 8 nitrogen and oxygen atoms in total. The highest BCUT2D eigenvalue weighted by molar-refractivity contribution is 7.98. The molecule has 0 aliphatic heterocycles. The van der Waals surface area contributed by atoms with Gasteiger partial charge in [-0.05, 0) is 60.9 Å². The third-order valence-electron chi connectivity index (χ3n) is 4.13. The molecule has 11 heteroatoms. The molecule has 31 heavy (non-hydrogen) atoms. The number of amides is 2. The number of benzene rings is 2. The molecule has 2 aromatic rings. The van der Waals surface area contributed by atoms with E-state index in [9.17, 15) is 18.0 Å². The first-order chi connectivity index (χ1) is 14.7. The lowest BCUT2D eigenvalue weighted by Gasteiger charge is -2.19. The van der Waals surface area contributed by atoms with Crippen LogP contribution in [0.3, 0.4) is 0 Å². The fourth-order valence-corrected chi connectivity index (χ4v) is 4.48. The Hall–Kier alpha value is -2.27. The second kappa shape index (κ2) is 11.4. The molecule has 0 fully saturated rings. The van der Waals surface area contributed by atoms with E-state index in [1.165, 1.54) is 56.1 Å². The fourth-order valence-electron chi connectivity index (χ4n) is 2.65. The number of thioether (sulfide) groups is 1. The minimum absolute atomic E-state index is 0.0104. The molecule has 0 aromatic heterocycles. The van der Waals surface area contributed by atoms with Gasteiger partial charge in [0.25, 0.3) is 0 Å². The first-order valence-corrected chi connectivity index (χ1v) is 12.4. The number of anilines is 2. The van der Waals surface area contributed by atoms with Gasteiger partial charge < -0.3 is 15.4 Å². The number of carbonyl (C=O) groups is 2. The Labute approximate surface area is 191 Å². The number of ether oxygens (including phenoxy) is 1. The lowest BCUT2D eigenvalue weighted by molar-refractivity contribution is -0.117. The van der Waals surface area contributed by atoms with Gasteiger partial charge in [0, 0.05) is 17.6 Å². The zero-order valence-electron chi connectivity index (χ0n) is 17.3. The molecular weight excluding hydrogens is 462 g/mol. The van der Waals surface area contributed by atoms with Crippen molar-refractivity contribution in [3.05, 3.63) is 47.5 Å². The molecule has 0 aliphatic rings. The topological polar surface area (TPSA) is 114 Å². The second-order valence-corrected chi connectivity index (χ2v) is 9.63. The summed E-state index contributed by atoms with van der Waals surface area (Å²) in [5, 5.41) is 5.73. The summed E-state index contributed by atoms with van der Waals surface area (Å²) in [6.07, 6.45) is 2.15. The predicted octanol–water partition coefficient (Wildman–Crippen LogP) is 3.35. The smallest absolute Gasteiger partial charge is 0.242 e. The van der Waals surface area contributed by atoms with Crippen LogP contribution in [0, 0.1) is 0 Å². The van der Waals surface area contributed by atoms with Gasteiger partial charge >= 0.3 is 0 Å². The Morgan fingerprint density at radius 2 is 1.81 bits per heavy atom. The highest BCUT2D eigenvalue weighted by atomic mass is 35.5. The molecular formula is C20H24ClN3O5S2. The predicted molar refractivity (Wildman–Crippen MR) is 124 cm³/mol. The molecule has 2 aromatic carbocycles. The van der Waals surface area contributed by atoms with Crippen LogP contribution >= 0.6 is 23.4 Å². The zero-order chi connectivity index (χ0) is 23.0. The van der Waals surface area contributed by atoms with Crippen molar-refractivity contribution in [3.8, 4) is 5.75 Å². The van der Waals surface area contributed by atoms with Crippen LogP contribution in [0.2, 0.25) is 5.02 Å². The number of methoxy groups -OCH3 is 1. The quantitative estimate of drug-likeness (QED) is 0.475. The van der Waals surface area contributed by atoms with Crippen molar-refractivity contribution in [2.45, 2.75) is 24.3 Å². The maximum absolute atomic E-state index is 12.9. The number of halogens is 1.